The number of hydrogen-bond acceptors (Lipinski definition) is 5. The summed E-state index contributed by atoms with van der Waals surface area (Å²) in [7, 11) is 0. The Kier molecular flexibility index (Phi) is 5.87. The fourth-order valence-corrected chi connectivity index (χ4v) is 4.39. The van der Waals surface area contributed by atoms with Gasteiger partial charge in [0, 0.05) is 61.2 Å². The van der Waals surface area contributed by atoms with Crippen LogP contribution in [-0.2, 0) is 11.2 Å². The average molecular weight is 411 g/mol. The van der Waals surface area contributed by atoms with Crippen LogP contribution in [0.4, 0.5) is 5.69 Å². The first-order chi connectivity index (χ1) is 14.4. The number of carbonyl (C=O) groups is 1. The Hall–Kier alpha value is -2.34. The highest BCUT2D eigenvalue weighted by Crippen LogP contribution is 2.42. The van der Waals surface area contributed by atoms with Crippen LogP contribution in [0.25, 0.3) is 5.57 Å². The number of benzene rings is 1. The van der Waals surface area contributed by atoms with Crippen molar-refractivity contribution in [3.63, 3.8) is 0 Å². The Morgan fingerprint density at radius 3 is 2.60 bits per heavy atom. The van der Waals surface area contributed by atoms with Crippen LogP contribution in [0.2, 0.25) is 0 Å². The maximum atomic E-state index is 12.4. The molecule has 2 N–H and O–H groups in total. The molecule has 0 unspecified atom stereocenters. The zero-order valence-corrected chi connectivity index (χ0v) is 18.6. The summed E-state index contributed by atoms with van der Waals surface area (Å²) in [6, 6.07) is 5.23. The van der Waals surface area contributed by atoms with Gasteiger partial charge in [0.05, 0.1) is 11.7 Å². The van der Waals surface area contributed by atoms with E-state index in [9.17, 15) is 4.79 Å². The standard InChI is InChI=1S/C24H34N4O2/c1-15(2)27-13-20(14-27)30-24-21(18(11-25)12-26-19-6-7-19)9-10-23-22(24)8-5-16(3)28(23)17(4)29/h9-12,15-16,19-20H,5-8,13-14,25H2,1-4H3/t16-/m0/s1. The fraction of sp³-hybridized carbons (Fsp3) is 0.583. The molecular formula is C24H34N4O2. The minimum atomic E-state index is 0.0710. The van der Waals surface area contributed by atoms with E-state index in [1.807, 2.05) is 23.2 Å². The average Bonchev–Trinajstić information content (AvgIpc) is 3.48. The van der Waals surface area contributed by atoms with E-state index in [4.69, 9.17) is 10.5 Å². The molecule has 1 atom stereocenters. The van der Waals surface area contributed by atoms with Gasteiger partial charge in [-0.05, 0) is 58.6 Å². The second-order valence-corrected chi connectivity index (χ2v) is 9.14. The summed E-state index contributed by atoms with van der Waals surface area (Å²) in [5.74, 6) is 0.944. The van der Waals surface area contributed by atoms with Crippen molar-refractivity contribution < 1.29 is 9.53 Å². The van der Waals surface area contributed by atoms with Crippen LogP contribution in [0.3, 0.4) is 0 Å². The number of aliphatic imine (C=N–C) groups is 1. The molecule has 0 radical (unpaired) electrons. The van der Waals surface area contributed by atoms with Crippen LogP contribution in [-0.4, -0.2) is 54.3 Å². The molecule has 4 rings (SSSR count). The van der Waals surface area contributed by atoms with Crippen molar-refractivity contribution in [1.29, 1.82) is 0 Å². The van der Waals surface area contributed by atoms with Crippen molar-refractivity contribution in [2.45, 2.75) is 77.6 Å². The number of likely N-dealkylation sites (tertiary alicyclic amines) is 1. The quantitative estimate of drug-likeness (QED) is 0.730. The molecule has 0 spiro atoms. The minimum absolute atomic E-state index is 0.0710. The van der Waals surface area contributed by atoms with Crippen LogP contribution >= 0.6 is 0 Å². The second kappa shape index (κ2) is 8.42. The molecule has 6 heteroatoms. The lowest BCUT2D eigenvalue weighted by molar-refractivity contribution is -0.117. The molecule has 2 aliphatic heterocycles. The molecule has 1 aromatic carbocycles. The highest BCUT2D eigenvalue weighted by atomic mass is 16.5. The number of ether oxygens (including phenoxy) is 1. The topological polar surface area (TPSA) is 71.2 Å². The van der Waals surface area contributed by atoms with Gasteiger partial charge in [0.1, 0.15) is 11.9 Å². The van der Waals surface area contributed by atoms with Gasteiger partial charge in [0.25, 0.3) is 0 Å². The first-order valence-corrected chi connectivity index (χ1v) is 11.2. The van der Waals surface area contributed by atoms with Crippen molar-refractivity contribution in [3.8, 4) is 5.75 Å². The molecule has 162 valence electrons. The van der Waals surface area contributed by atoms with E-state index in [-0.39, 0.29) is 18.1 Å². The Labute approximate surface area is 179 Å². The third-order valence-electron chi connectivity index (χ3n) is 6.44. The van der Waals surface area contributed by atoms with Gasteiger partial charge < -0.3 is 15.4 Å². The number of nitrogens with zero attached hydrogens (tertiary/aromatic N) is 3. The van der Waals surface area contributed by atoms with Crippen LogP contribution in [0.1, 0.15) is 58.1 Å². The van der Waals surface area contributed by atoms with Crippen molar-refractivity contribution in [3.05, 3.63) is 29.5 Å². The van der Waals surface area contributed by atoms with Gasteiger partial charge >= 0.3 is 0 Å². The first kappa shape index (κ1) is 20.9. The monoisotopic (exact) mass is 410 g/mol. The molecule has 0 bridgehead atoms. The van der Waals surface area contributed by atoms with Crippen molar-refractivity contribution in [1.82, 2.24) is 4.90 Å². The van der Waals surface area contributed by atoms with E-state index in [1.54, 1.807) is 13.1 Å². The summed E-state index contributed by atoms with van der Waals surface area (Å²) in [5.41, 5.74) is 9.95. The van der Waals surface area contributed by atoms with E-state index in [1.165, 1.54) is 0 Å². The van der Waals surface area contributed by atoms with Crippen molar-refractivity contribution in [2.24, 2.45) is 10.7 Å². The number of hydrogen-bond donors (Lipinski definition) is 1. The van der Waals surface area contributed by atoms with Crippen molar-refractivity contribution in [2.75, 3.05) is 18.0 Å². The lowest BCUT2D eigenvalue weighted by Crippen LogP contribution is -2.56. The molecule has 1 amide bonds. The maximum absolute atomic E-state index is 12.4. The molecule has 1 saturated carbocycles. The van der Waals surface area contributed by atoms with Gasteiger partial charge in [0.15, 0.2) is 0 Å². The number of nitrogens with two attached hydrogens (primary N) is 1. The third kappa shape index (κ3) is 4.10. The second-order valence-electron chi connectivity index (χ2n) is 9.14. The van der Waals surface area contributed by atoms with Crippen LogP contribution in [0, 0.1) is 0 Å². The lowest BCUT2D eigenvalue weighted by Gasteiger charge is -2.43. The molecule has 6 nitrogen and oxygen atoms in total. The number of carbonyl (C=O) groups excluding carboxylic acids is 1. The number of amides is 1. The Balaban J connectivity index is 1.71. The predicted molar refractivity (Wildman–Crippen MR) is 122 cm³/mol. The highest BCUT2D eigenvalue weighted by molar-refractivity contribution is 6.11. The molecule has 1 aliphatic carbocycles. The first-order valence-electron chi connectivity index (χ1n) is 11.2. The summed E-state index contributed by atoms with van der Waals surface area (Å²) in [6.07, 6.45) is 7.79. The van der Waals surface area contributed by atoms with Crippen molar-refractivity contribution >= 4 is 23.4 Å². The Morgan fingerprint density at radius 1 is 1.27 bits per heavy atom. The van der Waals surface area contributed by atoms with Gasteiger partial charge in [-0.3, -0.25) is 14.7 Å². The molecular weight excluding hydrogens is 376 g/mol. The van der Waals surface area contributed by atoms with Gasteiger partial charge in [-0.15, -0.1) is 0 Å². The summed E-state index contributed by atoms with van der Waals surface area (Å²) in [4.78, 5) is 21.3. The van der Waals surface area contributed by atoms with Gasteiger partial charge in [-0.2, -0.15) is 0 Å². The summed E-state index contributed by atoms with van der Waals surface area (Å²) >= 11 is 0. The highest BCUT2D eigenvalue weighted by Gasteiger charge is 2.34. The van der Waals surface area contributed by atoms with E-state index in [0.717, 1.165) is 66.9 Å². The van der Waals surface area contributed by atoms with Crippen LogP contribution in [0.15, 0.2) is 23.3 Å². The van der Waals surface area contributed by atoms with E-state index in [2.05, 4.69) is 30.7 Å². The van der Waals surface area contributed by atoms with E-state index >= 15 is 0 Å². The van der Waals surface area contributed by atoms with Crippen LogP contribution < -0.4 is 15.4 Å². The Bertz CT molecular complexity index is 866. The summed E-state index contributed by atoms with van der Waals surface area (Å²) in [5, 5.41) is 0. The van der Waals surface area contributed by atoms with Crippen LogP contribution in [0.5, 0.6) is 5.75 Å². The minimum Gasteiger partial charge on any atom is -0.487 e. The number of fused-ring (bicyclic) bond motifs is 1. The zero-order valence-electron chi connectivity index (χ0n) is 18.6. The zero-order chi connectivity index (χ0) is 21.4. The SMILES string of the molecule is CC(=O)N1c2ccc(C(C=NC3CC3)=CN)c(OC3CN(C(C)C)C3)c2CC[C@@H]1C. The Morgan fingerprint density at radius 2 is 2.00 bits per heavy atom. The van der Waals surface area contributed by atoms with E-state index < -0.39 is 0 Å². The molecule has 2 heterocycles. The number of rotatable bonds is 6. The van der Waals surface area contributed by atoms with Gasteiger partial charge in [-0.25, -0.2) is 0 Å². The summed E-state index contributed by atoms with van der Waals surface area (Å²) in [6.45, 7) is 10.0. The molecule has 0 aromatic heterocycles. The predicted octanol–water partition coefficient (Wildman–Crippen LogP) is 3.38. The molecule has 1 saturated heterocycles. The maximum Gasteiger partial charge on any atom is 0.224 e. The fourth-order valence-electron chi connectivity index (χ4n) is 4.39. The largest absolute Gasteiger partial charge is 0.487 e. The van der Waals surface area contributed by atoms with E-state index in [0.29, 0.717) is 12.1 Å². The smallest absolute Gasteiger partial charge is 0.224 e. The lowest BCUT2D eigenvalue weighted by atomic mass is 9.91. The normalized spacial score (nSPS) is 23.0. The summed E-state index contributed by atoms with van der Waals surface area (Å²) < 4.78 is 6.59. The van der Waals surface area contributed by atoms with Gasteiger partial charge in [-0.1, -0.05) is 0 Å². The molecule has 2 fully saturated rings. The molecule has 30 heavy (non-hydrogen) atoms. The van der Waals surface area contributed by atoms with Gasteiger partial charge in [0.2, 0.25) is 5.91 Å². The third-order valence-corrected chi connectivity index (χ3v) is 6.44. The molecule has 1 aromatic rings. The number of anilines is 1. The molecule has 3 aliphatic rings. The number of allylic oxidation sites excluding steroid dienone is 1.